The molecule has 1 aromatic rings. The molecule has 2 rings (SSSR count). The molecule has 104 valence electrons. The van der Waals surface area contributed by atoms with Crippen molar-refractivity contribution >= 4 is 6.03 Å². The van der Waals surface area contributed by atoms with Gasteiger partial charge in [-0.05, 0) is 49.8 Å². The Hall–Kier alpha value is -1.51. The van der Waals surface area contributed by atoms with Crippen LogP contribution in [0.25, 0.3) is 0 Å². The minimum Gasteiger partial charge on any atom is -0.331 e. The van der Waals surface area contributed by atoms with Gasteiger partial charge in [0, 0.05) is 13.1 Å². The summed E-state index contributed by atoms with van der Waals surface area (Å²) < 4.78 is 0. The number of carbonyl (C=O) groups excluding carboxylic acids is 1. The normalized spacial score (nSPS) is 16.5. The largest absolute Gasteiger partial charge is 0.331 e. The Morgan fingerprint density at radius 1 is 1.26 bits per heavy atom. The van der Waals surface area contributed by atoms with E-state index in [1.54, 1.807) is 0 Å². The van der Waals surface area contributed by atoms with E-state index in [1.807, 2.05) is 4.90 Å². The Kier molecular flexibility index (Phi) is 4.46. The van der Waals surface area contributed by atoms with Crippen molar-refractivity contribution in [1.82, 2.24) is 10.2 Å². The topological polar surface area (TPSA) is 32.3 Å². The number of aryl methyl sites for hydroxylation is 2. The first-order valence-electron chi connectivity index (χ1n) is 7.24. The third kappa shape index (κ3) is 3.28. The fourth-order valence-electron chi connectivity index (χ4n) is 2.56. The van der Waals surface area contributed by atoms with Gasteiger partial charge in [0.2, 0.25) is 0 Å². The zero-order chi connectivity index (χ0) is 13.8. The molecule has 19 heavy (non-hydrogen) atoms. The number of nitrogens with zero attached hydrogens (tertiary/aromatic N) is 1. The molecule has 1 N–H and O–H groups in total. The molecule has 3 heteroatoms. The first kappa shape index (κ1) is 13.9. The van der Waals surface area contributed by atoms with E-state index in [4.69, 9.17) is 0 Å². The number of benzene rings is 1. The Balaban J connectivity index is 2.06. The molecule has 0 bridgehead atoms. The molecule has 1 saturated heterocycles. The van der Waals surface area contributed by atoms with Crippen molar-refractivity contribution in [2.24, 2.45) is 0 Å². The van der Waals surface area contributed by atoms with E-state index in [2.05, 4.69) is 44.3 Å². The number of amides is 2. The highest BCUT2D eigenvalue weighted by Gasteiger charge is 2.20. The zero-order valence-corrected chi connectivity index (χ0v) is 12.2. The Labute approximate surface area is 116 Å². The number of nitrogens with one attached hydrogen (secondary N) is 1. The minimum atomic E-state index is 0.0857. The lowest BCUT2D eigenvalue weighted by Crippen LogP contribution is -2.39. The Bertz CT molecular complexity index is 450. The summed E-state index contributed by atoms with van der Waals surface area (Å²) in [6, 6.07) is 6.65. The van der Waals surface area contributed by atoms with Gasteiger partial charge in [0.1, 0.15) is 0 Å². The van der Waals surface area contributed by atoms with Crippen LogP contribution in [-0.2, 0) is 0 Å². The van der Waals surface area contributed by atoms with Crippen molar-refractivity contribution in [2.45, 2.75) is 46.1 Å². The first-order chi connectivity index (χ1) is 9.11. The first-order valence-corrected chi connectivity index (χ1v) is 7.24. The van der Waals surface area contributed by atoms with Gasteiger partial charge >= 0.3 is 6.03 Å². The lowest BCUT2D eigenvalue weighted by Gasteiger charge is -2.23. The van der Waals surface area contributed by atoms with Crippen molar-refractivity contribution in [1.29, 1.82) is 0 Å². The molecule has 2 amide bonds. The van der Waals surface area contributed by atoms with Gasteiger partial charge in [-0.25, -0.2) is 4.79 Å². The predicted molar refractivity (Wildman–Crippen MR) is 78.3 cm³/mol. The molecular formula is C16H24N2O. The van der Waals surface area contributed by atoms with E-state index in [0.717, 1.165) is 32.4 Å². The summed E-state index contributed by atoms with van der Waals surface area (Å²) >= 11 is 0. The predicted octanol–water partition coefficient (Wildman–Crippen LogP) is 3.56. The summed E-state index contributed by atoms with van der Waals surface area (Å²) in [6.45, 7) is 8.14. The number of likely N-dealkylation sites (tertiary alicyclic amines) is 1. The van der Waals surface area contributed by atoms with Crippen LogP contribution in [-0.4, -0.2) is 24.0 Å². The lowest BCUT2D eigenvalue weighted by atomic mass is 9.99. The van der Waals surface area contributed by atoms with E-state index in [0.29, 0.717) is 0 Å². The fourth-order valence-corrected chi connectivity index (χ4v) is 2.56. The summed E-state index contributed by atoms with van der Waals surface area (Å²) in [7, 11) is 0. The van der Waals surface area contributed by atoms with Crippen LogP contribution in [0, 0.1) is 13.8 Å². The van der Waals surface area contributed by atoms with Crippen LogP contribution in [0.15, 0.2) is 18.2 Å². The van der Waals surface area contributed by atoms with Crippen molar-refractivity contribution in [3.8, 4) is 0 Å². The van der Waals surface area contributed by atoms with Crippen LogP contribution in [0.5, 0.6) is 0 Å². The van der Waals surface area contributed by atoms with Crippen LogP contribution in [0.4, 0.5) is 4.79 Å². The minimum absolute atomic E-state index is 0.0857. The number of rotatable bonds is 3. The average molecular weight is 260 g/mol. The molecular weight excluding hydrogens is 236 g/mol. The molecule has 0 aliphatic carbocycles. The second-order valence-corrected chi connectivity index (χ2v) is 5.45. The van der Waals surface area contributed by atoms with Gasteiger partial charge in [0.25, 0.3) is 0 Å². The summed E-state index contributed by atoms with van der Waals surface area (Å²) in [5.41, 5.74) is 3.79. The highest BCUT2D eigenvalue weighted by atomic mass is 16.2. The number of hydrogen-bond acceptors (Lipinski definition) is 1. The summed E-state index contributed by atoms with van der Waals surface area (Å²) in [5, 5.41) is 3.16. The molecule has 1 heterocycles. The van der Waals surface area contributed by atoms with Crippen LogP contribution < -0.4 is 5.32 Å². The Morgan fingerprint density at radius 2 is 1.95 bits per heavy atom. The third-order valence-corrected chi connectivity index (χ3v) is 4.03. The smallest absolute Gasteiger partial charge is 0.317 e. The monoisotopic (exact) mass is 260 g/mol. The molecule has 1 unspecified atom stereocenters. The molecule has 1 fully saturated rings. The van der Waals surface area contributed by atoms with Crippen molar-refractivity contribution in [3.63, 3.8) is 0 Å². The molecule has 1 aromatic carbocycles. The SMILES string of the molecule is CCC(NC(=O)N1CCCC1)c1ccc(C)c(C)c1. The van der Waals surface area contributed by atoms with E-state index in [1.165, 1.54) is 16.7 Å². The van der Waals surface area contributed by atoms with E-state index in [-0.39, 0.29) is 12.1 Å². The molecule has 0 spiro atoms. The lowest BCUT2D eigenvalue weighted by molar-refractivity contribution is 0.204. The van der Waals surface area contributed by atoms with E-state index in [9.17, 15) is 4.79 Å². The zero-order valence-electron chi connectivity index (χ0n) is 12.2. The molecule has 1 aliphatic rings. The highest BCUT2D eigenvalue weighted by Crippen LogP contribution is 2.20. The maximum Gasteiger partial charge on any atom is 0.317 e. The number of carbonyl (C=O) groups is 1. The molecule has 0 radical (unpaired) electrons. The molecule has 3 nitrogen and oxygen atoms in total. The molecule has 0 saturated carbocycles. The standard InChI is InChI=1S/C16H24N2O/c1-4-15(14-8-7-12(2)13(3)11-14)17-16(19)18-9-5-6-10-18/h7-8,11,15H,4-6,9-10H2,1-3H3,(H,17,19). The van der Waals surface area contributed by atoms with Gasteiger partial charge in [-0.15, -0.1) is 0 Å². The Morgan fingerprint density at radius 3 is 2.53 bits per heavy atom. The maximum atomic E-state index is 12.2. The highest BCUT2D eigenvalue weighted by molar-refractivity contribution is 5.75. The van der Waals surface area contributed by atoms with Crippen LogP contribution in [0.3, 0.4) is 0 Å². The van der Waals surface area contributed by atoms with Crippen molar-refractivity contribution in [3.05, 3.63) is 34.9 Å². The van der Waals surface area contributed by atoms with Crippen molar-refractivity contribution < 1.29 is 4.79 Å². The molecule has 1 atom stereocenters. The third-order valence-electron chi connectivity index (χ3n) is 4.03. The van der Waals surface area contributed by atoms with E-state index < -0.39 is 0 Å². The molecule has 0 aromatic heterocycles. The quantitative estimate of drug-likeness (QED) is 0.885. The number of hydrogen-bond donors (Lipinski definition) is 1. The van der Waals surface area contributed by atoms with Gasteiger partial charge in [-0.2, -0.15) is 0 Å². The fraction of sp³-hybridized carbons (Fsp3) is 0.562. The summed E-state index contributed by atoms with van der Waals surface area (Å²) in [5.74, 6) is 0. The second kappa shape index (κ2) is 6.09. The van der Waals surface area contributed by atoms with Gasteiger partial charge in [-0.1, -0.05) is 25.1 Å². The second-order valence-electron chi connectivity index (χ2n) is 5.45. The molecule has 1 aliphatic heterocycles. The summed E-state index contributed by atoms with van der Waals surface area (Å²) in [6.07, 6.45) is 3.18. The van der Waals surface area contributed by atoms with Gasteiger partial charge in [0.05, 0.1) is 6.04 Å². The number of urea groups is 1. The van der Waals surface area contributed by atoms with Gasteiger partial charge in [-0.3, -0.25) is 0 Å². The van der Waals surface area contributed by atoms with Crippen LogP contribution in [0.2, 0.25) is 0 Å². The summed E-state index contributed by atoms with van der Waals surface area (Å²) in [4.78, 5) is 14.1. The van der Waals surface area contributed by atoms with Crippen molar-refractivity contribution in [2.75, 3.05) is 13.1 Å². The maximum absolute atomic E-state index is 12.2. The van der Waals surface area contributed by atoms with Gasteiger partial charge < -0.3 is 10.2 Å². The van der Waals surface area contributed by atoms with E-state index >= 15 is 0 Å². The van der Waals surface area contributed by atoms with Gasteiger partial charge in [0.15, 0.2) is 0 Å². The van der Waals surface area contributed by atoms with Crippen LogP contribution in [0.1, 0.15) is 48.9 Å². The van der Waals surface area contributed by atoms with Crippen LogP contribution >= 0.6 is 0 Å². The average Bonchev–Trinajstić information content (AvgIpc) is 2.93.